The minimum atomic E-state index is -0.332. The van der Waals surface area contributed by atoms with Crippen LogP contribution in [0.5, 0.6) is 0 Å². The van der Waals surface area contributed by atoms with Gasteiger partial charge in [-0.05, 0) is 17.7 Å². The molecule has 144 valence electrons. The monoisotopic (exact) mass is 397 g/mol. The number of para-hydroxylation sites is 1. The first-order valence-electron chi connectivity index (χ1n) is 8.93. The van der Waals surface area contributed by atoms with E-state index in [-0.39, 0.29) is 11.8 Å². The largest absolute Gasteiger partial charge is 0.379 e. The Kier molecular flexibility index (Phi) is 5.70. The molecule has 1 saturated heterocycles. The van der Waals surface area contributed by atoms with Gasteiger partial charge in [-0.3, -0.25) is 0 Å². The van der Waals surface area contributed by atoms with Crippen molar-refractivity contribution in [2.24, 2.45) is 0 Å². The summed E-state index contributed by atoms with van der Waals surface area (Å²) in [5.41, 5.74) is 9.20. The van der Waals surface area contributed by atoms with Gasteiger partial charge in [-0.2, -0.15) is 0 Å². The molecule has 0 amide bonds. The number of ether oxygens (including phenoxy) is 1. The fourth-order valence-electron chi connectivity index (χ4n) is 2.97. The van der Waals surface area contributed by atoms with Crippen LogP contribution in [0.1, 0.15) is 0 Å². The summed E-state index contributed by atoms with van der Waals surface area (Å²) >= 11 is 1.55. The van der Waals surface area contributed by atoms with E-state index in [9.17, 15) is 4.39 Å². The second-order valence-corrected chi connectivity index (χ2v) is 7.21. The van der Waals surface area contributed by atoms with Gasteiger partial charge in [-0.25, -0.2) is 18.7 Å². The van der Waals surface area contributed by atoms with Crippen LogP contribution in [0, 0.1) is 5.82 Å². The number of nitrogen functional groups attached to an aromatic ring is 1. The van der Waals surface area contributed by atoms with Crippen LogP contribution >= 0.6 is 12.1 Å². The van der Waals surface area contributed by atoms with Gasteiger partial charge in [-0.1, -0.05) is 30.3 Å². The van der Waals surface area contributed by atoms with Crippen molar-refractivity contribution in [3.63, 3.8) is 0 Å². The van der Waals surface area contributed by atoms with E-state index in [4.69, 9.17) is 10.5 Å². The maximum absolute atomic E-state index is 14.8. The van der Waals surface area contributed by atoms with Crippen LogP contribution in [-0.2, 0) is 4.74 Å². The number of hydrogen-bond donors (Lipinski definition) is 2. The van der Waals surface area contributed by atoms with E-state index in [0.29, 0.717) is 11.1 Å². The van der Waals surface area contributed by atoms with E-state index in [2.05, 4.69) is 19.0 Å². The Labute approximate surface area is 167 Å². The minimum absolute atomic E-state index is 0.165. The fraction of sp³-hybridized carbons (Fsp3) is 0.200. The number of halogens is 1. The highest BCUT2D eigenvalue weighted by Gasteiger charge is 2.14. The predicted molar refractivity (Wildman–Crippen MR) is 111 cm³/mol. The molecule has 3 aromatic rings. The molecule has 2 aromatic carbocycles. The van der Waals surface area contributed by atoms with Crippen LogP contribution in [0.4, 0.5) is 16.0 Å². The zero-order valence-corrected chi connectivity index (χ0v) is 16.0. The van der Waals surface area contributed by atoms with Gasteiger partial charge in [0.1, 0.15) is 5.82 Å². The van der Waals surface area contributed by atoms with Crippen LogP contribution in [0.25, 0.3) is 22.3 Å². The molecule has 2 heterocycles. The summed E-state index contributed by atoms with van der Waals surface area (Å²) in [4.78, 5) is 7.87. The van der Waals surface area contributed by atoms with Gasteiger partial charge in [0.2, 0.25) is 5.95 Å². The van der Waals surface area contributed by atoms with Crippen LogP contribution in [0.15, 0.2) is 54.9 Å². The van der Waals surface area contributed by atoms with Crippen LogP contribution in [0.3, 0.4) is 0 Å². The lowest BCUT2D eigenvalue weighted by atomic mass is 10.00. The first-order valence-corrected chi connectivity index (χ1v) is 9.70. The fourth-order valence-corrected chi connectivity index (χ4v) is 3.71. The summed E-state index contributed by atoms with van der Waals surface area (Å²) in [6, 6.07) is 13.0. The molecule has 1 fully saturated rings. The van der Waals surface area contributed by atoms with Crippen molar-refractivity contribution >= 4 is 23.8 Å². The average Bonchev–Trinajstić information content (AvgIpc) is 2.74. The number of anilines is 2. The molecule has 0 unspecified atom stereocenters. The molecule has 0 atom stereocenters. The number of nitrogens with one attached hydrogen (secondary N) is 1. The molecule has 1 aliphatic heterocycles. The highest BCUT2D eigenvalue weighted by molar-refractivity contribution is 7.98. The van der Waals surface area contributed by atoms with Gasteiger partial charge in [0.25, 0.3) is 0 Å². The van der Waals surface area contributed by atoms with E-state index in [1.807, 2.05) is 30.3 Å². The summed E-state index contributed by atoms with van der Waals surface area (Å²) in [5.74, 6) is -0.167. The maximum Gasteiger partial charge on any atom is 0.219 e. The van der Waals surface area contributed by atoms with Gasteiger partial charge in [-0.15, -0.1) is 0 Å². The van der Waals surface area contributed by atoms with E-state index in [1.54, 1.807) is 18.2 Å². The van der Waals surface area contributed by atoms with Crippen molar-refractivity contribution in [2.45, 2.75) is 0 Å². The SMILES string of the molecule is Nc1ncc(-c2ccc(-c3ccccc3NSN3CCOCC3)cc2F)cn1. The third kappa shape index (κ3) is 4.24. The first kappa shape index (κ1) is 18.7. The Morgan fingerprint density at radius 2 is 1.75 bits per heavy atom. The normalized spacial score (nSPS) is 14.8. The Balaban J connectivity index is 1.57. The molecule has 6 nitrogen and oxygen atoms in total. The van der Waals surface area contributed by atoms with Crippen LogP contribution in [-0.4, -0.2) is 40.6 Å². The Morgan fingerprint density at radius 3 is 2.50 bits per heavy atom. The quantitative estimate of drug-likeness (QED) is 0.634. The third-order valence-electron chi connectivity index (χ3n) is 4.44. The number of hydrogen-bond acceptors (Lipinski definition) is 7. The molecular weight excluding hydrogens is 377 g/mol. The standard InChI is InChI=1S/C20H20FN5OS/c21-18-11-14(5-6-16(18)15-12-23-20(22)24-13-15)17-3-1-2-4-19(17)25-28-26-7-9-27-10-8-26/h1-6,11-13,25H,7-10H2,(H2,22,23,24). The molecule has 0 saturated carbocycles. The summed E-state index contributed by atoms with van der Waals surface area (Å²) < 4.78 is 25.8. The van der Waals surface area contributed by atoms with Crippen molar-refractivity contribution in [3.05, 3.63) is 60.7 Å². The minimum Gasteiger partial charge on any atom is -0.379 e. The number of nitrogens with zero attached hydrogens (tertiary/aromatic N) is 3. The van der Waals surface area contributed by atoms with Gasteiger partial charge >= 0.3 is 0 Å². The zero-order chi connectivity index (χ0) is 19.3. The Bertz CT molecular complexity index is 948. The highest BCUT2D eigenvalue weighted by atomic mass is 32.2. The number of benzene rings is 2. The van der Waals surface area contributed by atoms with Gasteiger partial charge < -0.3 is 15.2 Å². The van der Waals surface area contributed by atoms with E-state index >= 15 is 0 Å². The lowest BCUT2D eigenvalue weighted by Crippen LogP contribution is -2.32. The topological polar surface area (TPSA) is 76.3 Å². The number of morpholine rings is 1. The number of nitrogens with two attached hydrogens (primary N) is 1. The lowest BCUT2D eigenvalue weighted by Gasteiger charge is -2.25. The number of rotatable bonds is 5. The van der Waals surface area contributed by atoms with Gasteiger partial charge in [0.15, 0.2) is 0 Å². The maximum atomic E-state index is 14.8. The highest BCUT2D eigenvalue weighted by Crippen LogP contribution is 2.33. The van der Waals surface area contributed by atoms with Crippen molar-refractivity contribution in [2.75, 3.05) is 36.8 Å². The van der Waals surface area contributed by atoms with Gasteiger partial charge in [0, 0.05) is 54.3 Å². The van der Waals surface area contributed by atoms with Crippen LogP contribution in [0.2, 0.25) is 0 Å². The molecule has 1 aromatic heterocycles. The van der Waals surface area contributed by atoms with E-state index in [0.717, 1.165) is 43.1 Å². The summed E-state index contributed by atoms with van der Waals surface area (Å²) in [5, 5.41) is 0. The van der Waals surface area contributed by atoms with Crippen molar-refractivity contribution in [1.29, 1.82) is 0 Å². The molecule has 0 aliphatic carbocycles. The van der Waals surface area contributed by atoms with E-state index < -0.39 is 0 Å². The van der Waals surface area contributed by atoms with Crippen LogP contribution < -0.4 is 10.5 Å². The van der Waals surface area contributed by atoms with Crippen molar-refractivity contribution in [1.82, 2.24) is 14.3 Å². The molecule has 1 aliphatic rings. The third-order valence-corrected chi connectivity index (χ3v) is 5.38. The van der Waals surface area contributed by atoms with E-state index in [1.165, 1.54) is 18.5 Å². The molecule has 0 spiro atoms. The molecule has 0 radical (unpaired) electrons. The van der Waals surface area contributed by atoms with Crippen molar-refractivity contribution < 1.29 is 9.13 Å². The smallest absolute Gasteiger partial charge is 0.219 e. The first-order chi connectivity index (χ1) is 13.7. The lowest BCUT2D eigenvalue weighted by molar-refractivity contribution is 0.0775. The Morgan fingerprint density at radius 1 is 1.00 bits per heavy atom. The summed E-state index contributed by atoms with van der Waals surface area (Å²) in [6.45, 7) is 3.20. The molecule has 8 heteroatoms. The van der Waals surface area contributed by atoms with Gasteiger partial charge in [0.05, 0.1) is 18.9 Å². The summed E-state index contributed by atoms with van der Waals surface area (Å²) in [7, 11) is 0. The molecule has 28 heavy (non-hydrogen) atoms. The molecule has 0 bridgehead atoms. The molecular formula is C20H20FN5OS. The average molecular weight is 397 g/mol. The predicted octanol–water partition coefficient (Wildman–Crippen LogP) is 3.84. The zero-order valence-electron chi connectivity index (χ0n) is 15.1. The summed E-state index contributed by atoms with van der Waals surface area (Å²) in [6.07, 6.45) is 3.05. The van der Waals surface area contributed by atoms with Crippen molar-refractivity contribution in [3.8, 4) is 22.3 Å². The second-order valence-electron chi connectivity index (χ2n) is 6.30. The second kappa shape index (κ2) is 8.55. The molecule has 4 rings (SSSR count). The Hall–Kier alpha value is -2.68. The number of aromatic nitrogens is 2. The molecule has 3 N–H and O–H groups in total.